The fourth-order valence-corrected chi connectivity index (χ4v) is 6.63. The van der Waals surface area contributed by atoms with Gasteiger partial charge < -0.3 is 0 Å². The molecule has 3 fully saturated rings. The normalized spacial score (nSPS) is 54.2. The summed E-state index contributed by atoms with van der Waals surface area (Å²) in [5.74, 6) is 3.77. The van der Waals surface area contributed by atoms with E-state index in [0.29, 0.717) is 22.5 Å². The van der Waals surface area contributed by atoms with Crippen LogP contribution in [0, 0.1) is 34.5 Å². The van der Waals surface area contributed by atoms with E-state index in [9.17, 15) is 4.79 Å². The molecule has 4 aliphatic rings. The first-order valence-electron chi connectivity index (χ1n) is 8.75. The Morgan fingerprint density at radius 1 is 1.05 bits per heavy atom. The van der Waals surface area contributed by atoms with Crippen LogP contribution in [0.5, 0.6) is 0 Å². The molecule has 1 heteroatoms. The van der Waals surface area contributed by atoms with Crippen molar-refractivity contribution in [1.29, 1.82) is 0 Å². The van der Waals surface area contributed by atoms with E-state index in [2.05, 4.69) is 19.9 Å². The molecule has 0 aliphatic heterocycles. The lowest BCUT2D eigenvalue weighted by molar-refractivity contribution is -0.121. The molecule has 0 aromatic carbocycles. The monoisotopic (exact) mass is 272 g/mol. The molecule has 1 nitrogen and oxygen atoms in total. The van der Waals surface area contributed by atoms with E-state index in [1.807, 2.05) is 6.08 Å². The van der Waals surface area contributed by atoms with Gasteiger partial charge in [0, 0.05) is 6.42 Å². The Balaban J connectivity index is 1.68. The highest BCUT2D eigenvalue weighted by Crippen LogP contribution is 2.64. The minimum Gasteiger partial charge on any atom is -0.295 e. The van der Waals surface area contributed by atoms with Gasteiger partial charge in [-0.3, -0.25) is 4.79 Å². The van der Waals surface area contributed by atoms with Crippen LogP contribution < -0.4 is 0 Å². The average molecular weight is 272 g/mol. The Kier molecular flexibility index (Phi) is 2.76. The second-order valence-electron chi connectivity index (χ2n) is 8.61. The van der Waals surface area contributed by atoms with Crippen molar-refractivity contribution >= 4 is 5.78 Å². The van der Waals surface area contributed by atoms with Gasteiger partial charge in [0.15, 0.2) is 5.78 Å². The first kappa shape index (κ1) is 13.1. The van der Waals surface area contributed by atoms with E-state index < -0.39 is 0 Å². The standard InChI is InChI=1S/C19H28O/c1-18-9-3-4-16(18)15-6-5-13-12-14(20)7-11-19(13,2)17(15)8-10-18/h7,11,13,15-17H,3-6,8-10,12H2,1-2H3/t13-,15-,16+,17+,18+,19-/m0/s1. The van der Waals surface area contributed by atoms with Gasteiger partial charge in [0.25, 0.3) is 0 Å². The quantitative estimate of drug-likeness (QED) is 0.621. The topological polar surface area (TPSA) is 17.1 Å². The number of ketones is 1. The third kappa shape index (κ3) is 1.64. The highest BCUT2D eigenvalue weighted by Gasteiger charge is 2.56. The lowest BCUT2D eigenvalue weighted by atomic mass is 9.46. The molecular weight excluding hydrogens is 244 g/mol. The fraction of sp³-hybridized carbons (Fsp3) is 0.842. The summed E-state index contributed by atoms with van der Waals surface area (Å²) in [6, 6.07) is 0. The van der Waals surface area contributed by atoms with Crippen molar-refractivity contribution in [2.24, 2.45) is 34.5 Å². The maximum atomic E-state index is 11.8. The van der Waals surface area contributed by atoms with E-state index in [0.717, 1.165) is 24.2 Å². The van der Waals surface area contributed by atoms with Crippen LogP contribution in [0.25, 0.3) is 0 Å². The number of fused-ring (bicyclic) bond motifs is 5. The number of hydrogen-bond donors (Lipinski definition) is 0. The molecule has 0 N–H and O–H groups in total. The van der Waals surface area contributed by atoms with E-state index in [4.69, 9.17) is 0 Å². The average Bonchev–Trinajstić information content (AvgIpc) is 2.81. The minimum absolute atomic E-state index is 0.320. The molecule has 0 radical (unpaired) electrons. The SMILES string of the molecule is C[C@]12CCC[C@@H]1[C@@H]1CC[C@H]3CC(=O)C=C[C@]3(C)[C@@H]1CC2. The van der Waals surface area contributed by atoms with Crippen molar-refractivity contribution in [2.75, 3.05) is 0 Å². The van der Waals surface area contributed by atoms with Gasteiger partial charge in [0.1, 0.15) is 0 Å². The first-order chi connectivity index (χ1) is 9.53. The highest BCUT2D eigenvalue weighted by molar-refractivity contribution is 5.91. The zero-order chi connectivity index (χ0) is 14.0. The highest BCUT2D eigenvalue weighted by atomic mass is 16.1. The molecule has 0 spiro atoms. The lowest BCUT2D eigenvalue weighted by Gasteiger charge is -2.58. The van der Waals surface area contributed by atoms with Gasteiger partial charge in [0.05, 0.1) is 0 Å². The van der Waals surface area contributed by atoms with Crippen LogP contribution in [0.2, 0.25) is 0 Å². The summed E-state index contributed by atoms with van der Waals surface area (Å²) < 4.78 is 0. The van der Waals surface area contributed by atoms with Crippen LogP contribution in [0.4, 0.5) is 0 Å². The lowest BCUT2D eigenvalue weighted by Crippen LogP contribution is -2.51. The first-order valence-corrected chi connectivity index (χ1v) is 8.75. The summed E-state index contributed by atoms with van der Waals surface area (Å²) in [7, 11) is 0. The van der Waals surface area contributed by atoms with Crippen LogP contribution in [-0.4, -0.2) is 5.78 Å². The second kappa shape index (κ2) is 4.21. The molecule has 0 unspecified atom stereocenters. The van der Waals surface area contributed by atoms with E-state index in [-0.39, 0.29) is 0 Å². The largest absolute Gasteiger partial charge is 0.295 e. The summed E-state index contributed by atoms with van der Waals surface area (Å²) in [4.78, 5) is 11.8. The Labute approximate surface area is 123 Å². The summed E-state index contributed by atoms with van der Waals surface area (Å²) in [6.07, 6.45) is 15.0. The fourth-order valence-electron chi connectivity index (χ4n) is 6.63. The van der Waals surface area contributed by atoms with Crippen molar-refractivity contribution in [3.05, 3.63) is 12.2 Å². The van der Waals surface area contributed by atoms with Crippen LogP contribution in [-0.2, 0) is 4.79 Å². The zero-order valence-electron chi connectivity index (χ0n) is 13.0. The van der Waals surface area contributed by atoms with Gasteiger partial charge in [-0.15, -0.1) is 0 Å². The Morgan fingerprint density at radius 2 is 1.90 bits per heavy atom. The third-order valence-electron chi connectivity index (χ3n) is 7.82. The van der Waals surface area contributed by atoms with Crippen LogP contribution in [0.15, 0.2) is 12.2 Å². The molecule has 4 rings (SSSR count). The maximum absolute atomic E-state index is 11.8. The molecule has 0 aromatic rings. The molecule has 110 valence electrons. The van der Waals surface area contributed by atoms with Crippen LogP contribution >= 0.6 is 0 Å². The zero-order valence-corrected chi connectivity index (χ0v) is 13.0. The van der Waals surface area contributed by atoms with Crippen molar-refractivity contribution in [1.82, 2.24) is 0 Å². The Morgan fingerprint density at radius 3 is 2.75 bits per heavy atom. The number of carbonyl (C=O) groups is 1. The third-order valence-corrected chi connectivity index (χ3v) is 7.82. The van der Waals surface area contributed by atoms with Gasteiger partial charge >= 0.3 is 0 Å². The maximum Gasteiger partial charge on any atom is 0.155 e. The van der Waals surface area contributed by atoms with Crippen molar-refractivity contribution in [3.63, 3.8) is 0 Å². The summed E-state index contributed by atoms with van der Waals surface area (Å²) in [5.41, 5.74) is 0.972. The number of allylic oxidation sites excluding steroid dienone is 2. The molecule has 0 bridgehead atoms. The summed E-state index contributed by atoms with van der Waals surface area (Å²) in [6.45, 7) is 5.03. The van der Waals surface area contributed by atoms with Gasteiger partial charge in [-0.1, -0.05) is 26.3 Å². The predicted molar refractivity (Wildman–Crippen MR) is 81.3 cm³/mol. The van der Waals surface area contributed by atoms with E-state index >= 15 is 0 Å². The Hall–Kier alpha value is -0.590. The van der Waals surface area contributed by atoms with Gasteiger partial charge in [0.2, 0.25) is 0 Å². The number of carbonyl (C=O) groups excluding carboxylic acids is 1. The summed E-state index contributed by atoms with van der Waals surface area (Å²) in [5, 5.41) is 0. The number of hydrogen-bond acceptors (Lipinski definition) is 1. The minimum atomic E-state index is 0.320. The van der Waals surface area contributed by atoms with Crippen molar-refractivity contribution < 1.29 is 4.79 Å². The Bertz CT molecular complexity index is 464. The van der Waals surface area contributed by atoms with Gasteiger partial charge in [-0.05, 0) is 79.1 Å². The van der Waals surface area contributed by atoms with E-state index in [1.54, 1.807) is 0 Å². The van der Waals surface area contributed by atoms with Crippen molar-refractivity contribution in [2.45, 2.75) is 65.2 Å². The molecule has 20 heavy (non-hydrogen) atoms. The summed E-state index contributed by atoms with van der Waals surface area (Å²) >= 11 is 0. The molecule has 0 aromatic heterocycles. The molecular formula is C19H28O. The molecule has 3 saturated carbocycles. The van der Waals surface area contributed by atoms with Gasteiger partial charge in [-0.25, -0.2) is 0 Å². The smallest absolute Gasteiger partial charge is 0.155 e. The van der Waals surface area contributed by atoms with Crippen LogP contribution in [0.1, 0.15) is 65.2 Å². The molecule has 0 heterocycles. The molecule has 6 atom stereocenters. The second-order valence-corrected chi connectivity index (χ2v) is 8.61. The van der Waals surface area contributed by atoms with Gasteiger partial charge in [-0.2, -0.15) is 0 Å². The molecule has 0 saturated heterocycles. The van der Waals surface area contributed by atoms with E-state index in [1.165, 1.54) is 44.9 Å². The molecule has 0 amide bonds. The number of rotatable bonds is 0. The van der Waals surface area contributed by atoms with Crippen LogP contribution in [0.3, 0.4) is 0 Å². The van der Waals surface area contributed by atoms with Crippen molar-refractivity contribution in [3.8, 4) is 0 Å². The predicted octanol–water partition coefficient (Wildman–Crippen LogP) is 4.76. The molecule has 4 aliphatic carbocycles.